The molecule has 1 aromatic carbocycles. The molecule has 0 aliphatic carbocycles. The fourth-order valence-corrected chi connectivity index (χ4v) is 2.38. The van der Waals surface area contributed by atoms with E-state index >= 15 is 0 Å². The number of amides is 3. The minimum atomic E-state index is -0.748. The smallest absolute Gasteiger partial charge is 0.312 e. The van der Waals surface area contributed by atoms with Gasteiger partial charge in [-0.15, -0.1) is 0 Å². The third-order valence-corrected chi connectivity index (χ3v) is 3.47. The largest absolute Gasteiger partial charge is 0.352 e. The van der Waals surface area contributed by atoms with Crippen molar-refractivity contribution in [3.63, 3.8) is 0 Å². The zero-order valence-electron chi connectivity index (χ0n) is 13.2. The summed E-state index contributed by atoms with van der Waals surface area (Å²) in [6.07, 6.45) is 5.25. The number of benzene rings is 1. The van der Waals surface area contributed by atoms with Crippen molar-refractivity contribution in [3.05, 3.63) is 55.0 Å². The molecule has 126 valence electrons. The highest BCUT2D eigenvalue weighted by Gasteiger charge is 2.11. The van der Waals surface area contributed by atoms with Gasteiger partial charge < -0.3 is 16.4 Å². The van der Waals surface area contributed by atoms with Gasteiger partial charge in [-0.2, -0.15) is 5.10 Å². The van der Waals surface area contributed by atoms with E-state index in [9.17, 15) is 9.59 Å². The molecule has 0 bridgehead atoms. The normalized spacial score (nSPS) is 10.2. The molecule has 3 aromatic rings. The Balaban J connectivity index is 1.82. The van der Waals surface area contributed by atoms with Crippen molar-refractivity contribution in [1.29, 1.82) is 0 Å². The van der Waals surface area contributed by atoms with E-state index < -0.39 is 6.03 Å². The molecular formula is C17H16N6O2. The Bertz CT molecular complexity index is 891. The van der Waals surface area contributed by atoms with Gasteiger partial charge in [0.25, 0.3) is 0 Å². The van der Waals surface area contributed by atoms with E-state index in [-0.39, 0.29) is 12.5 Å². The fourth-order valence-electron chi connectivity index (χ4n) is 2.38. The van der Waals surface area contributed by atoms with E-state index in [4.69, 9.17) is 5.73 Å². The molecule has 2 heterocycles. The zero-order valence-corrected chi connectivity index (χ0v) is 13.2. The summed E-state index contributed by atoms with van der Waals surface area (Å²) >= 11 is 0. The average molecular weight is 336 g/mol. The van der Waals surface area contributed by atoms with Crippen molar-refractivity contribution in [2.24, 2.45) is 5.73 Å². The Kier molecular flexibility index (Phi) is 4.70. The Morgan fingerprint density at radius 3 is 2.68 bits per heavy atom. The van der Waals surface area contributed by atoms with Gasteiger partial charge in [0.2, 0.25) is 5.91 Å². The third kappa shape index (κ3) is 3.99. The van der Waals surface area contributed by atoms with Gasteiger partial charge in [-0.3, -0.25) is 14.9 Å². The van der Waals surface area contributed by atoms with Crippen LogP contribution < -0.4 is 16.4 Å². The molecule has 2 aromatic heterocycles. The molecule has 0 saturated carbocycles. The standard InChI is InChI=1S/C17H16N6O2/c18-17(25)20-10-15(24)22-13-3-1-2-12(8-13)16-14(9-21-23-16)11-4-6-19-7-5-11/h1-9H,10H2,(H,21,23)(H,22,24)(H3,18,20,25). The number of pyridine rings is 1. The van der Waals surface area contributed by atoms with E-state index in [2.05, 4.69) is 25.8 Å². The maximum Gasteiger partial charge on any atom is 0.312 e. The van der Waals surface area contributed by atoms with Gasteiger partial charge in [0.1, 0.15) is 0 Å². The molecule has 3 amide bonds. The lowest BCUT2D eigenvalue weighted by Gasteiger charge is -2.08. The Morgan fingerprint density at radius 1 is 1.12 bits per heavy atom. The van der Waals surface area contributed by atoms with Crippen LogP contribution in [0.4, 0.5) is 10.5 Å². The first-order valence-corrected chi connectivity index (χ1v) is 7.51. The van der Waals surface area contributed by atoms with Gasteiger partial charge in [0, 0.05) is 35.4 Å². The van der Waals surface area contributed by atoms with Gasteiger partial charge in [-0.05, 0) is 29.8 Å². The van der Waals surface area contributed by atoms with Crippen LogP contribution in [0.3, 0.4) is 0 Å². The van der Waals surface area contributed by atoms with E-state index in [1.54, 1.807) is 18.5 Å². The van der Waals surface area contributed by atoms with Crippen LogP contribution in [0, 0.1) is 0 Å². The first-order chi connectivity index (χ1) is 12.1. The number of anilines is 1. The molecule has 3 rings (SSSR count). The van der Waals surface area contributed by atoms with E-state index in [1.165, 1.54) is 0 Å². The van der Waals surface area contributed by atoms with Gasteiger partial charge in [-0.1, -0.05) is 12.1 Å². The van der Waals surface area contributed by atoms with Crippen molar-refractivity contribution in [1.82, 2.24) is 20.5 Å². The molecule has 5 N–H and O–H groups in total. The highest BCUT2D eigenvalue weighted by atomic mass is 16.2. The Hall–Kier alpha value is -3.68. The molecule has 0 saturated heterocycles. The summed E-state index contributed by atoms with van der Waals surface area (Å²) in [4.78, 5) is 26.5. The molecule has 25 heavy (non-hydrogen) atoms. The lowest BCUT2D eigenvalue weighted by molar-refractivity contribution is -0.115. The van der Waals surface area contributed by atoms with Crippen molar-refractivity contribution in [3.8, 4) is 22.4 Å². The number of nitrogens with two attached hydrogens (primary N) is 1. The zero-order chi connectivity index (χ0) is 17.6. The van der Waals surface area contributed by atoms with Crippen LogP contribution in [0.5, 0.6) is 0 Å². The average Bonchev–Trinajstić information content (AvgIpc) is 3.11. The Labute approximate surface area is 143 Å². The number of H-pyrrole nitrogens is 1. The van der Waals surface area contributed by atoms with Crippen molar-refractivity contribution < 1.29 is 9.59 Å². The van der Waals surface area contributed by atoms with Crippen molar-refractivity contribution >= 4 is 17.6 Å². The molecule has 0 atom stereocenters. The minimum Gasteiger partial charge on any atom is -0.352 e. The highest BCUT2D eigenvalue weighted by molar-refractivity contribution is 5.95. The fraction of sp³-hybridized carbons (Fsp3) is 0.0588. The van der Waals surface area contributed by atoms with Gasteiger partial charge >= 0.3 is 6.03 Å². The van der Waals surface area contributed by atoms with Crippen LogP contribution in [-0.4, -0.2) is 33.7 Å². The number of nitrogens with one attached hydrogen (secondary N) is 3. The number of carbonyl (C=O) groups is 2. The second-order valence-corrected chi connectivity index (χ2v) is 5.23. The monoisotopic (exact) mass is 336 g/mol. The SMILES string of the molecule is NC(=O)NCC(=O)Nc1cccc(-c2n[nH]cc2-c2ccncc2)c1. The predicted molar refractivity (Wildman–Crippen MR) is 93.5 cm³/mol. The summed E-state index contributed by atoms with van der Waals surface area (Å²) in [6.45, 7) is -0.190. The van der Waals surface area contributed by atoms with Gasteiger partial charge in [0.05, 0.1) is 12.2 Å². The van der Waals surface area contributed by atoms with Crippen LogP contribution in [0.25, 0.3) is 22.4 Å². The van der Waals surface area contributed by atoms with Gasteiger partial charge in [0.15, 0.2) is 0 Å². The van der Waals surface area contributed by atoms with Crippen LogP contribution in [-0.2, 0) is 4.79 Å². The van der Waals surface area contributed by atoms with E-state index in [1.807, 2.05) is 36.5 Å². The molecule has 0 fully saturated rings. The number of nitrogens with zero attached hydrogens (tertiary/aromatic N) is 2. The summed E-state index contributed by atoms with van der Waals surface area (Å²) in [5.74, 6) is -0.368. The summed E-state index contributed by atoms with van der Waals surface area (Å²) < 4.78 is 0. The maximum absolute atomic E-state index is 11.8. The van der Waals surface area contributed by atoms with Gasteiger partial charge in [-0.25, -0.2) is 4.79 Å². The molecule has 8 heteroatoms. The predicted octanol–water partition coefficient (Wildman–Crippen LogP) is 1.75. The minimum absolute atomic E-state index is 0.190. The maximum atomic E-state index is 11.8. The molecule has 0 unspecified atom stereocenters. The molecule has 8 nitrogen and oxygen atoms in total. The van der Waals surface area contributed by atoms with E-state index in [0.717, 1.165) is 22.4 Å². The number of hydrogen-bond donors (Lipinski definition) is 4. The molecule has 0 spiro atoms. The van der Waals surface area contributed by atoms with Crippen molar-refractivity contribution in [2.75, 3.05) is 11.9 Å². The number of hydrogen-bond acceptors (Lipinski definition) is 4. The van der Waals surface area contributed by atoms with Crippen LogP contribution in [0.15, 0.2) is 55.0 Å². The topological polar surface area (TPSA) is 126 Å². The number of aromatic nitrogens is 3. The highest BCUT2D eigenvalue weighted by Crippen LogP contribution is 2.30. The third-order valence-electron chi connectivity index (χ3n) is 3.47. The number of aromatic amines is 1. The summed E-state index contributed by atoms with van der Waals surface area (Å²) in [5.41, 5.74) is 9.06. The van der Waals surface area contributed by atoms with Crippen LogP contribution in [0.2, 0.25) is 0 Å². The molecule has 0 aliphatic rings. The quantitative estimate of drug-likeness (QED) is 0.566. The first-order valence-electron chi connectivity index (χ1n) is 7.51. The molecule has 0 radical (unpaired) electrons. The Morgan fingerprint density at radius 2 is 1.92 bits per heavy atom. The molecule has 0 aliphatic heterocycles. The lowest BCUT2D eigenvalue weighted by atomic mass is 10.0. The van der Waals surface area contributed by atoms with Crippen LogP contribution >= 0.6 is 0 Å². The summed E-state index contributed by atoms with van der Waals surface area (Å²) in [6, 6.07) is 10.3. The lowest BCUT2D eigenvalue weighted by Crippen LogP contribution is -2.36. The van der Waals surface area contributed by atoms with Crippen molar-refractivity contribution in [2.45, 2.75) is 0 Å². The van der Waals surface area contributed by atoms with Crippen LogP contribution in [0.1, 0.15) is 0 Å². The molecular weight excluding hydrogens is 320 g/mol. The number of urea groups is 1. The summed E-state index contributed by atoms with van der Waals surface area (Å²) in [7, 11) is 0. The number of primary amides is 1. The summed E-state index contributed by atoms with van der Waals surface area (Å²) in [5, 5.41) is 12.1. The number of carbonyl (C=O) groups excluding carboxylic acids is 2. The first kappa shape index (κ1) is 16.2. The second kappa shape index (κ2) is 7.26. The number of rotatable bonds is 5. The second-order valence-electron chi connectivity index (χ2n) is 5.23. The van der Waals surface area contributed by atoms with E-state index in [0.29, 0.717) is 5.69 Å².